The number of carbonyl (C=O) groups excluding carboxylic acids is 1. The smallest absolute Gasteiger partial charge is 0.320 e. The molecule has 1 aliphatic heterocycles. The van der Waals surface area contributed by atoms with Gasteiger partial charge in [0.1, 0.15) is 5.82 Å². The minimum Gasteiger partial charge on any atom is -0.347 e. The highest BCUT2D eigenvalue weighted by molar-refractivity contribution is 5.74. The summed E-state index contributed by atoms with van der Waals surface area (Å²) in [4.78, 5) is 22.6. The number of likely N-dealkylation sites (tertiary alicyclic amines) is 1. The molecule has 1 aromatic rings. The zero-order chi connectivity index (χ0) is 10.7. The summed E-state index contributed by atoms with van der Waals surface area (Å²) in [5.41, 5.74) is 0. The molecule has 0 spiro atoms. The minimum atomic E-state index is 0.101. The van der Waals surface area contributed by atoms with E-state index in [9.17, 15) is 4.79 Å². The van der Waals surface area contributed by atoms with Crippen LogP contribution in [0.25, 0.3) is 0 Å². The molecule has 1 aromatic heterocycles. The van der Waals surface area contributed by atoms with Gasteiger partial charge in [-0.1, -0.05) is 0 Å². The third-order valence-corrected chi connectivity index (χ3v) is 2.64. The van der Waals surface area contributed by atoms with Crippen LogP contribution in [0.1, 0.15) is 18.7 Å². The van der Waals surface area contributed by atoms with E-state index in [1.165, 1.54) is 0 Å². The van der Waals surface area contributed by atoms with Gasteiger partial charge in [0.05, 0.1) is 6.54 Å². The lowest BCUT2D eigenvalue weighted by molar-refractivity contribution is 0.170. The van der Waals surface area contributed by atoms with Gasteiger partial charge >= 0.3 is 6.03 Å². The standard InChI is InChI=1S/C10H16N4O/c1-13(8-9-11-4-5-12-9)10(15)14-6-2-3-7-14/h4-5H,2-3,6-8H2,1H3,(H,11,12). The number of rotatable bonds is 2. The Kier molecular flexibility index (Phi) is 2.89. The number of urea groups is 1. The fraction of sp³-hybridized carbons (Fsp3) is 0.600. The molecule has 1 fully saturated rings. The van der Waals surface area contributed by atoms with Gasteiger partial charge in [0.15, 0.2) is 0 Å². The molecule has 82 valence electrons. The van der Waals surface area contributed by atoms with Crippen LogP contribution in [0.2, 0.25) is 0 Å². The van der Waals surface area contributed by atoms with Crippen molar-refractivity contribution < 1.29 is 4.79 Å². The lowest BCUT2D eigenvalue weighted by Crippen LogP contribution is -2.39. The second kappa shape index (κ2) is 4.33. The highest BCUT2D eigenvalue weighted by atomic mass is 16.2. The van der Waals surface area contributed by atoms with Gasteiger partial charge in [0, 0.05) is 32.5 Å². The number of carbonyl (C=O) groups is 1. The Hall–Kier alpha value is -1.52. The molecule has 0 bridgehead atoms. The molecular formula is C10H16N4O. The molecule has 0 unspecified atom stereocenters. The van der Waals surface area contributed by atoms with Crippen molar-refractivity contribution in [3.63, 3.8) is 0 Å². The summed E-state index contributed by atoms with van der Waals surface area (Å²) >= 11 is 0. The Morgan fingerprint density at radius 1 is 1.60 bits per heavy atom. The predicted molar refractivity (Wildman–Crippen MR) is 56.3 cm³/mol. The molecular weight excluding hydrogens is 192 g/mol. The summed E-state index contributed by atoms with van der Waals surface area (Å²) in [7, 11) is 1.81. The molecule has 5 nitrogen and oxygen atoms in total. The minimum absolute atomic E-state index is 0.101. The van der Waals surface area contributed by atoms with Gasteiger partial charge in [-0.3, -0.25) is 0 Å². The van der Waals surface area contributed by atoms with Crippen molar-refractivity contribution in [3.05, 3.63) is 18.2 Å². The molecule has 5 heteroatoms. The van der Waals surface area contributed by atoms with E-state index in [0.29, 0.717) is 6.54 Å². The van der Waals surface area contributed by atoms with Crippen molar-refractivity contribution in [2.75, 3.05) is 20.1 Å². The van der Waals surface area contributed by atoms with Crippen LogP contribution in [0.5, 0.6) is 0 Å². The van der Waals surface area contributed by atoms with Gasteiger partial charge in [-0.25, -0.2) is 9.78 Å². The zero-order valence-corrected chi connectivity index (χ0v) is 8.94. The predicted octanol–water partition coefficient (Wildman–Crippen LogP) is 1.06. The van der Waals surface area contributed by atoms with Crippen molar-refractivity contribution in [3.8, 4) is 0 Å². The summed E-state index contributed by atoms with van der Waals surface area (Å²) in [5.74, 6) is 0.824. The molecule has 1 aliphatic rings. The zero-order valence-electron chi connectivity index (χ0n) is 8.94. The van der Waals surface area contributed by atoms with Gasteiger partial charge < -0.3 is 14.8 Å². The molecule has 1 N–H and O–H groups in total. The third kappa shape index (κ3) is 2.29. The van der Waals surface area contributed by atoms with E-state index < -0.39 is 0 Å². The second-order valence-corrected chi connectivity index (χ2v) is 3.87. The number of amides is 2. The van der Waals surface area contributed by atoms with Gasteiger partial charge in [0.2, 0.25) is 0 Å². The van der Waals surface area contributed by atoms with Gasteiger partial charge in [-0.05, 0) is 12.8 Å². The monoisotopic (exact) mass is 208 g/mol. The highest BCUT2D eigenvalue weighted by Gasteiger charge is 2.21. The quantitative estimate of drug-likeness (QED) is 0.790. The Balaban J connectivity index is 1.89. The lowest BCUT2D eigenvalue weighted by Gasteiger charge is -2.23. The van der Waals surface area contributed by atoms with Crippen LogP contribution < -0.4 is 0 Å². The molecule has 0 radical (unpaired) electrons. The number of nitrogens with one attached hydrogen (secondary N) is 1. The van der Waals surface area contributed by atoms with Crippen molar-refractivity contribution in [1.29, 1.82) is 0 Å². The first-order valence-corrected chi connectivity index (χ1v) is 5.25. The summed E-state index contributed by atoms with van der Waals surface area (Å²) < 4.78 is 0. The van der Waals surface area contributed by atoms with E-state index in [1.54, 1.807) is 17.3 Å². The van der Waals surface area contributed by atoms with E-state index in [2.05, 4.69) is 9.97 Å². The largest absolute Gasteiger partial charge is 0.347 e. The molecule has 2 rings (SSSR count). The molecule has 0 saturated carbocycles. The Morgan fingerprint density at radius 2 is 2.33 bits per heavy atom. The Bertz CT molecular complexity index is 316. The molecule has 2 heterocycles. The van der Waals surface area contributed by atoms with E-state index in [4.69, 9.17) is 0 Å². The van der Waals surface area contributed by atoms with E-state index >= 15 is 0 Å². The maximum absolute atomic E-state index is 11.9. The van der Waals surface area contributed by atoms with Crippen LogP contribution in [0.4, 0.5) is 4.79 Å². The second-order valence-electron chi connectivity index (χ2n) is 3.87. The molecule has 0 aliphatic carbocycles. The molecule has 1 saturated heterocycles. The molecule has 2 amide bonds. The average Bonchev–Trinajstić information content (AvgIpc) is 2.88. The molecule has 15 heavy (non-hydrogen) atoms. The van der Waals surface area contributed by atoms with Crippen LogP contribution in [-0.2, 0) is 6.54 Å². The SMILES string of the molecule is CN(Cc1ncc[nH]1)C(=O)N1CCCC1. The summed E-state index contributed by atoms with van der Waals surface area (Å²) in [6.07, 6.45) is 5.72. The van der Waals surface area contributed by atoms with Gasteiger partial charge in [-0.15, -0.1) is 0 Å². The average molecular weight is 208 g/mol. The maximum atomic E-state index is 11.9. The van der Waals surface area contributed by atoms with Crippen molar-refractivity contribution in [1.82, 2.24) is 19.8 Å². The highest BCUT2D eigenvalue weighted by Crippen LogP contribution is 2.10. The summed E-state index contributed by atoms with van der Waals surface area (Å²) in [6.45, 7) is 2.32. The third-order valence-electron chi connectivity index (χ3n) is 2.64. The van der Waals surface area contributed by atoms with Crippen LogP contribution in [0, 0.1) is 0 Å². The number of hydrogen-bond acceptors (Lipinski definition) is 2. The van der Waals surface area contributed by atoms with Crippen LogP contribution in [0.15, 0.2) is 12.4 Å². The van der Waals surface area contributed by atoms with Crippen molar-refractivity contribution in [2.45, 2.75) is 19.4 Å². The number of hydrogen-bond donors (Lipinski definition) is 1. The van der Waals surface area contributed by atoms with Gasteiger partial charge in [0.25, 0.3) is 0 Å². The van der Waals surface area contributed by atoms with Crippen LogP contribution in [-0.4, -0.2) is 45.9 Å². The Labute approximate surface area is 89.1 Å². The maximum Gasteiger partial charge on any atom is 0.320 e. The lowest BCUT2D eigenvalue weighted by atomic mass is 10.4. The number of aromatic nitrogens is 2. The normalized spacial score (nSPS) is 15.7. The van der Waals surface area contributed by atoms with E-state index in [1.807, 2.05) is 11.9 Å². The molecule has 0 atom stereocenters. The van der Waals surface area contributed by atoms with E-state index in [-0.39, 0.29) is 6.03 Å². The first-order valence-electron chi connectivity index (χ1n) is 5.25. The molecule has 0 aromatic carbocycles. The topological polar surface area (TPSA) is 52.2 Å². The number of H-pyrrole nitrogens is 1. The number of imidazole rings is 1. The van der Waals surface area contributed by atoms with Crippen LogP contribution in [0.3, 0.4) is 0 Å². The number of aromatic amines is 1. The van der Waals surface area contributed by atoms with Crippen molar-refractivity contribution in [2.24, 2.45) is 0 Å². The van der Waals surface area contributed by atoms with Crippen molar-refractivity contribution >= 4 is 6.03 Å². The first-order chi connectivity index (χ1) is 7.27. The van der Waals surface area contributed by atoms with E-state index in [0.717, 1.165) is 31.8 Å². The number of nitrogens with zero attached hydrogens (tertiary/aromatic N) is 3. The van der Waals surface area contributed by atoms with Gasteiger partial charge in [-0.2, -0.15) is 0 Å². The van der Waals surface area contributed by atoms with Crippen LogP contribution >= 0.6 is 0 Å². The fourth-order valence-corrected chi connectivity index (χ4v) is 1.83. The fourth-order valence-electron chi connectivity index (χ4n) is 1.83. The summed E-state index contributed by atoms with van der Waals surface area (Å²) in [6, 6.07) is 0.101. The first kappa shape index (κ1) is 10.0. The summed E-state index contributed by atoms with van der Waals surface area (Å²) in [5, 5.41) is 0. The Morgan fingerprint density at radius 3 is 2.93 bits per heavy atom.